The highest BCUT2D eigenvalue weighted by Crippen LogP contribution is 2.45. The lowest BCUT2D eigenvalue weighted by Gasteiger charge is -2.18. The molecule has 0 radical (unpaired) electrons. The van der Waals surface area contributed by atoms with Gasteiger partial charge in [-0.25, -0.2) is 0 Å². The Morgan fingerprint density at radius 2 is 1.93 bits per heavy atom. The van der Waals surface area contributed by atoms with Gasteiger partial charge in [0, 0.05) is 18.2 Å². The molecule has 0 atom stereocenters. The third kappa shape index (κ3) is 2.97. The first-order chi connectivity index (χ1) is 13.2. The summed E-state index contributed by atoms with van der Waals surface area (Å²) in [4.78, 5) is 37.7. The number of amides is 2. The first-order valence-corrected chi connectivity index (χ1v) is 8.67. The van der Waals surface area contributed by atoms with Crippen LogP contribution in [0.4, 0.5) is 17.1 Å². The molecular formula is C20H18N4O4. The molecule has 1 aliphatic rings. The van der Waals surface area contributed by atoms with Gasteiger partial charge in [-0.05, 0) is 56.7 Å². The lowest BCUT2D eigenvalue weighted by Crippen LogP contribution is -2.35. The van der Waals surface area contributed by atoms with Gasteiger partial charge in [0.15, 0.2) is 0 Å². The van der Waals surface area contributed by atoms with E-state index in [1.807, 2.05) is 6.07 Å². The van der Waals surface area contributed by atoms with Crippen LogP contribution in [0.15, 0.2) is 36.4 Å². The predicted octanol–water partition coefficient (Wildman–Crippen LogP) is 3.36. The minimum Gasteiger partial charge on any atom is -0.316 e. The van der Waals surface area contributed by atoms with Gasteiger partial charge in [0.25, 0.3) is 11.6 Å². The number of nitro groups is 1. The molecule has 0 aromatic heterocycles. The molecule has 1 N–H and O–H groups in total. The third-order valence-corrected chi connectivity index (χ3v) is 4.90. The fourth-order valence-corrected chi connectivity index (χ4v) is 3.32. The van der Waals surface area contributed by atoms with Crippen LogP contribution in [0.25, 0.3) is 0 Å². The van der Waals surface area contributed by atoms with Crippen LogP contribution in [0.5, 0.6) is 0 Å². The van der Waals surface area contributed by atoms with E-state index in [1.165, 1.54) is 41.3 Å². The molecule has 0 saturated heterocycles. The quantitative estimate of drug-likeness (QED) is 0.647. The van der Waals surface area contributed by atoms with E-state index >= 15 is 0 Å². The molecule has 0 spiro atoms. The Labute approximate surface area is 161 Å². The van der Waals surface area contributed by atoms with Crippen LogP contribution >= 0.6 is 0 Å². The minimum absolute atomic E-state index is 0.0249. The van der Waals surface area contributed by atoms with Crippen LogP contribution < -0.4 is 10.2 Å². The van der Waals surface area contributed by atoms with Gasteiger partial charge in [-0.15, -0.1) is 0 Å². The van der Waals surface area contributed by atoms with Crippen LogP contribution in [-0.2, 0) is 10.2 Å². The van der Waals surface area contributed by atoms with E-state index < -0.39 is 16.2 Å². The maximum atomic E-state index is 12.7. The summed E-state index contributed by atoms with van der Waals surface area (Å²) in [6, 6.07) is 10.7. The Morgan fingerprint density at radius 3 is 2.46 bits per heavy atom. The molecule has 0 bridgehead atoms. The Balaban J connectivity index is 2.05. The van der Waals surface area contributed by atoms with Crippen molar-refractivity contribution in [1.29, 1.82) is 5.26 Å². The molecule has 0 unspecified atom stereocenters. The van der Waals surface area contributed by atoms with Gasteiger partial charge in [0.1, 0.15) is 5.69 Å². The van der Waals surface area contributed by atoms with E-state index in [9.17, 15) is 19.7 Å². The van der Waals surface area contributed by atoms with Crippen molar-refractivity contribution in [2.75, 3.05) is 16.8 Å². The van der Waals surface area contributed by atoms with Gasteiger partial charge in [-0.3, -0.25) is 19.7 Å². The first kappa shape index (κ1) is 19.0. The number of nitriles is 1. The fraction of sp³-hybridized carbons (Fsp3) is 0.250. The summed E-state index contributed by atoms with van der Waals surface area (Å²) < 4.78 is 0. The standard InChI is InChI=1S/C20H18N4O4/c1-4-23-16-10-17(24(27)28)15(9-14(16)20(2,3)19(23)26)22-18(25)13-7-5-12(11-21)6-8-13/h5-10H,4H2,1-3H3,(H,22,25). The summed E-state index contributed by atoms with van der Waals surface area (Å²) >= 11 is 0. The largest absolute Gasteiger partial charge is 0.316 e. The van der Waals surface area contributed by atoms with Crippen molar-refractivity contribution in [2.45, 2.75) is 26.2 Å². The van der Waals surface area contributed by atoms with Crippen LogP contribution in [0.2, 0.25) is 0 Å². The fourth-order valence-electron chi connectivity index (χ4n) is 3.32. The molecule has 0 fully saturated rings. The van der Waals surface area contributed by atoms with Crippen LogP contribution in [0, 0.1) is 21.4 Å². The Hall–Kier alpha value is -3.73. The van der Waals surface area contributed by atoms with Gasteiger partial charge >= 0.3 is 0 Å². The highest BCUT2D eigenvalue weighted by Gasteiger charge is 2.44. The molecule has 8 nitrogen and oxygen atoms in total. The van der Waals surface area contributed by atoms with E-state index in [2.05, 4.69) is 5.32 Å². The molecule has 8 heteroatoms. The number of nitrogens with zero attached hydrogens (tertiary/aromatic N) is 3. The summed E-state index contributed by atoms with van der Waals surface area (Å²) in [5, 5.41) is 23.0. The maximum Gasteiger partial charge on any atom is 0.294 e. The number of likely N-dealkylation sites (N-methyl/N-ethyl adjacent to an activating group) is 1. The number of hydrogen-bond donors (Lipinski definition) is 1. The van der Waals surface area contributed by atoms with Gasteiger partial charge in [-0.2, -0.15) is 5.26 Å². The van der Waals surface area contributed by atoms with Crippen molar-refractivity contribution in [2.24, 2.45) is 0 Å². The van der Waals surface area contributed by atoms with Gasteiger partial charge < -0.3 is 10.2 Å². The number of anilines is 2. The van der Waals surface area contributed by atoms with Crippen molar-refractivity contribution in [3.8, 4) is 6.07 Å². The van der Waals surface area contributed by atoms with Crippen molar-refractivity contribution in [3.05, 3.63) is 63.2 Å². The number of hydrogen-bond acceptors (Lipinski definition) is 5. The zero-order valence-electron chi connectivity index (χ0n) is 15.6. The zero-order valence-corrected chi connectivity index (χ0v) is 15.6. The first-order valence-electron chi connectivity index (χ1n) is 8.67. The van der Waals surface area contributed by atoms with Crippen LogP contribution in [-0.4, -0.2) is 23.3 Å². The molecule has 0 saturated carbocycles. The number of fused-ring (bicyclic) bond motifs is 1. The second kappa shape index (κ2) is 6.78. The van der Waals surface area contributed by atoms with E-state index in [-0.39, 0.29) is 22.8 Å². The SMILES string of the molecule is CCN1C(=O)C(C)(C)c2cc(NC(=O)c3ccc(C#N)cc3)c([N+](=O)[O-])cc21. The average Bonchev–Trinajstić information content (AvgIpc) is 2.86. The number of nitro benzene ring substituents is 1. The van der Waals surface area contributed by atoms with Crippen LogP contribution in [0.1, 0.15) is 42.3 Å². The summed E-state index contributed by atoms with van der Waals surface area (Å²) in [7, 11) is 0. The number of carbonyl (C=O) groups excluding carboxylic acids is 2. The molecule has 0 aliphatic carbocycles. The summed E-state index contributed by atoms with van der Waals surface area (Å²) in [6.45, 7) is 5.70. The number of nitrogens with one attached hydrogen (secondary N) is 1. The van der Waals surface area contributed by atoms with E-state index in [4.69, 9.17) is 5.26 Å². The van der Waals surface area contributed by atoms with Crippen LogP contribution in [0.3, 0.4) is 0 Å². The monoisotopic (exact) mass is 378 g/mol. The van der Waals surface area contributed by atoms with Crippen molar-refractivity contribution in [3.63, 3.8) is 0 Å². The van der Waals surface area contributed by atoms with E-state index in [0.29, 0.717) is 23.4 Å². The van der Waals surface area contributed by atoms with Gasteiger partial charge in [0.05, 0.1) is 27.7 Å². The second-order valence-corrected chi connectivity index (χ2v) is 6.96. The third-order valence-electron chi connectivity index (χ3n) is 4.90. The smallest absolute Gasteiger partial charge is 0.294 e. The average molecular weight is 378 g/mol. The molecule has 142 valence electrons. The molecule has 28 heavy (non-hydrogen) atoms. The summed E-state index contributed by atoms with van der Waals surface area (Å²) in [5.74, 6) is -0.683. The number of rotatable bonds is 4. The number of benzene rings is 2. The molecule has 2 aromatic rings. The Bertz CT molecular complexity index is 1040. The highest BCUT2D eigenvalue weighted by molar-refractivity contribution is 6.10. The second-order valence-electron chi connectivity index (χ2n) is 6.96. The Kier molecular flexibility index (Phi) is 4.61. The van der Waals surface area contributed by atoms with Gasteiger partial charge in [0.2, 0.25) is 5.91 Å². The normalized spacial score (nSPS) is 14.4. The zero-order chi connectivity index (χ0) is 20.6. The molecular weight excluding hydrogens is 360 g/mol. The summed E-state index contributed by atoms with van der Waals surface area (Å²) in [6.07, 6.45) is 0. The molecule has 2 aromatic carbocycles. The lowest BCUT2D eigenvalue weighted by molar-refractivity contribution is -0.383. The van der Waals surface area contributed by atoms with Crippen molar-refractivity contribution in [1.82, 2.24) is 0 Å². The van der Waals surface area contributed by atoms with E-state index in [1.54, 1.807) is 20.8 Å². The molecule has 1 aliphatic heterocycles. The minimum atomic E-state index is -0.853. The summed E-state index contributed by atoms with van der Waals surface area (Å²) in [5.41, 5.74) is 0.663. The molecule has 3 rings (SSSR count). The Morgan fingerprint density at radius 1 is 1.29 bits per heavy atom. The predicted molar refractivity (Wildman–Crippen MR) is 103 cm³/mol. The van der Waals surface area contributed by atoms with Gasteiger partial charge in [-0.1, -0.05) is 0 Å². The number of carbonyl (C=O) groups is 2. The van der Waals surface area contributed by atoms with E-state index in [0.717, 1.165) is 0 Å². The maximum absolute atomic E-state index is 12.7. The highest BCUT2D eigenvalue weighted by atomic mass is 16.6. The van der Waals surface area contributed by atoms with Crippen molar-refractivity contribution < 1.29 is 14.5 Å². The molecule has 2 amide bonds. The molecule has 1 heterocycles. The van der Waals surface area contributed by atoms with Crippen molar-refractivity contribution >= 4 is 28.9 Å². The lowest BCUT2D eigenvalue weighted by atomic mass is 9.85. The topological polar surface area (TPSA) is 116 Å².